The molecule has 0 bridgehead atoms. The lowest BCUT2D eigenvalue weighted by Gasteiger charge is -2.08. The highest BCUT2D eigenvalue weighted by molar-refractivity contribution is 5.83. The van der Waals surface area contributed by atoms with Gasteiger partial charge in [-0.15, -0.1) is 0 Å². The minimum Gasteiger partial charge on any atom is -0.460 e. The van der Waals surface area contributed by atoms with E-state index in [1.807, 2.05) is 31.2 Å². The van der Waals surface area contributed by atoms with Crippen molar-refractivity contribution in [2.45, 2.75) is 46.6 Å². The van der Waals surface area contributed by atoms with Crippen LogP contribution in [0.15, 0.2) is 21.3 Å². The number of hydrogen-bond acceptors (Lipinski definition) is 4. The molecule has 0 saturated heterocycles. The molecule has 0 aliphatic rings. The van der Waals surface area contributed by atoms with Crippen LogP contribution in [0.25, 0.3) is 16.6 Å². The second-order valence-electron chi connectivity index (χ2n) is 6.00. The Morgan fingerprint density at radius 3 is 2.83 bits per heavy atom. The maximum absolute atomic E-state index is 12.6. The molecule has 0 radical (unpaired) electrons. The van der Waals surface area contributed by atoms with Crippen LogP contribution < -0.4 is 10.9 Å². The predicted molar refractivity (Wildman–Crippen MR) is 91.2 cm³/mol. The Balaban J connectivity index is 1.83. The van der Waals surface area contributed by atoms with Crippen molar-refractivity contribution in [3.63, 3.8) is 0 Å². The summed E-state index contributed by atoms with van der Waals surface area (Å²) in [4.78, 5) is 24.3. The molecule has 1 amide bonds. The number of fused-ring (bicyclic) bond motifs is 3. The molecule has 0 atom stereocenters. The van der Waals surface area contributed by atoms with Crippen molar-refractivity contribution >= 4 is 22.5 Å². The molecule has 3 aromatic rings. The summed E-state index contributed by atoms with van der Waals surface area (Å²) in [5.74, 6) is 1.53. The van der Waals surface area contributed by atoms with Gasteiger partial charge in [0.2, 0.25) is 5.91 Å². The third-order valence-electron chi connectivity index (χ3n) is 4.00. The van der Waals surface area contributed by atoms with E-state index < -0.39 is 0 Å². The predicted octanol–water partition coefficient (Wildman–Crippen LogP) is 2.17. The number of amides is 1. The van der Waals surface area contributed by atoms with E-state index in [1.54, 1.807) is 6.07 Å². The van der Waals surface area contributed by atoms with E-state index >= 15 is 0 Å². The van der Waals surface area contributed by atoms with Crippen LogP contribution in [0.4, 0.5) is 0 Å². The Morgan fingerprint density at radius 2 is 2.08 bits per heavy atom. The largest absolute Gasteiger partial charge is 0.460 e. The first-order valence-electron chi connectivity index (χ1n) is 8.27. The Labute approximate surface area is 139 Å². The summed E-state index contributed by atoms with van der Waals surface area (Å²) in [6, 6.07) is 3.66. The third kappa shape index (κ3) is 2.93. The Kier molecular flexibility index (Phi) is 4.42. The highest BCUT2D eigenvalue weighted by Crippen LogP contribution is 2.22. The molecule has 0 unspecified atom stereocenters. The minimum absolute atomic E-state index is 0.0124. The summed E-state index contributed by atoms with van der Waals surface area (Å²) in [6.07, 6.45) is 1.88. The number of aromatic nitrogens is 3. The van der Waals surface area contributed by atoms with Crippen LogP contribution in [0.5, 0.6) is 0 Å². The molecule has 24 heavy (non-hydrogen) atoms. The number of nitrogens with one attached hydrogen (secondary N) is 1. The molecule has 3 aromatic heterocycles. The van der Waals surface area contributed by atoms with E-state index in [2.05, 4.69) is 10.4 Å². The van der Waals surface area contributed by atoms with Gasteiger partial charge in [-0.05, 0) is 26.7 Å². The van der Waals surface area contributed by atoms with Gasteiger partial charge in [-0.25, -0.2) is 4.68 Å². The van der Waals surface area contributed by atoms with E-state index in [4.69, 9.17) is 4.42 Å². The second kappa shape index (κ2) is 6.51. The molecule has 0 aliphatic carbocycles. The number of rotatable bonds is 6. The smallest absolute Gasteiger partial charge is 0.291 e. The lowest BCUT2D eigenvalue weighted by Crippen LogP contribution is -2.28. The van der Waals surface area contributed by atoms with E-state index in [1.165, 1.54) is 4.68 Å². The quantitative estimate of drug-likeness (QED) is 0.751. The van der Waals surface area contributed by atoms with Crippen molar-refractivity contribution < 1.29 is 9.21 Å². The zero-order chi connectivity index (χ0) is 17.3. The standard InChI is InChI=1S/C17H22N4O3/c1-4-7-18-16(22)6-5-8-20-17(23)14-10-15-13(9-11(2)24-15)21(14)12(3)19-20/h9-10H,4-8H2,1-3H3,(H,18,22). The summed E-state index contributed by atoms with van der Waals surface area (Å²) in [7, 11) is 0. The number of furan rings is 1. The van der Waals surface area contributed by atoms with E-state index in [9.17, 15) is 9.59 Å². The first kappa shape index (κ1) is 16.3. The fourth-order valence-electron chi connectivity index (χ4n) is 2.91. The highest BCUT2D eigenvalue weighted by Gasteiger charge is 2.15. The van der Waals surface area contributed by atoms with Gasteiger partial charge < -0.3 is 9.73 Å². The number of carbonyl (C=O) groups excluding carboxylic acids is 1. The first-order chi connectivity index (χ1) is 11.5. The molecule has 3 rings (SSSR count). The average Bonchev–Trinajstić information content (AvgIpc) is 3.06. The van der Waals surface area contributed by atoms with Crippen molar-refractivity contribution in [1.29, 1.82) is 0 Å². The SMILES string of the molecule is CCCNC(=O)CCCn1nc(C)n2c(cc3oc(C)cc32)c1=O. The van der Waals surface area contributed by atoms with Crippen molar-refractivity contribution in [3.8, 4) is 0 Å². The maximum atomic E-state index is 12.6. The summed E-state index contributed by atoms with van der Waals surface area (Å²) in [6.45, 7) is 6.85. The van der Waals surface area contributed by atoms with E-state index in [0.29, 0.717) is 37.0 Å². The lowest BCUT2D eigenvalue weighted by atomic mass is 10.3. The summed E-state index contributed by atoms with van der Waals surface area (Å²) in [5.41, 5.74) is 1.92. The van der Waals surface area contributed by atoms with Crippen LogP contribution in [0, 0.1) is 13.8 Å². The number of nitrogens with zero attached hydrogens (tertiary/aromatic N) is 3. The Bertz CT molecular complexity index is 948. The molecule has 7 nitrogen and oxygen atoms in total. The molecule has 1 N–H and O–H groups in total. The van der Waals surface area contributed by atoms with Gasteiger partial charge in [0.25, 0.3) is 5.56 Å². The fourth-order valence-corrected chi connectivity index (χ4v) is 2.91. The van der Waals surface area contributed by atoms with Crippen LogP contribution in [-0.2, 0) is 11.3 Å². The Morgan fingerprint density at radius 1 is 1.29 bits per heavy atom. The molecule has 128 valence electrons. The van der Waals surface area contributed by atoms with Gasteiger partial charge in [0.1, 0.15) is 17.1 Å². The van der Waals surface area contributed by atoms with E-state index in [-0.39, 0.29) is 11.5 Å². The average molecular weight is 330 g/mol. The van der Waals surface area contributed by atoms with Gasteiger partial charge in [0, 0.05) is 31.6 Å². The number of aryl methyl sites for hydroxylation is 3. The van der Waals surface area contributed by atoms with Crippen LogP contribution in [0.3, 0.4) is 0 Å². The van der Waals surface area contributed by atoms with Gasteiger partial charge in [0.05, 0.1) is 5.52 Å². The van der Waals surface area contributed by atoms with Crippen LogP contribution in [0.2, 0.25) is 0 Å². The molecular weight excluding hydrogens is 308 g/mol. The van der Waals surface area contributed by atoms with Crippen LogP contribution >= 0.6 is 0 Å². The molecule has 0 fully saturated rings. The van der Waals surface area contributed by atoms with Crippen molar-refractivity contribution in [3.05, 3.63) is 34.1 Å². The molecule has 0 spiro atoms. The Hall–Kier alpha value is -2.57. The molecule has 0 aromatic carbocycles. The third-order valence-corrected chi connectivity index (χ3v) is 4.00. The number of hydrogen-bond donors (Lipinski definition) is 1. The molecule has 0 saturated carbocycles. The zero-order valence-corrected chi connectivity index (χ0v) is 14.3. The van der Waals surface area contributed by atoms with Gasteiger partial charge in [-0.3, -0.25) is 14.0 Å². The lowest BCUT2D eigenvalue weighted by molar-refractivity contribution is -0.121. The van der Waals surface area contributed by atoms with Gasteiger partial charge in [0.15, 0.2) is 5.58 Å². The zero-order valence-electron chi connectivity index (χ0n) is 14.3. The van der Waals surface area contributed by atoms with Gasteiger partial charge in [-0.2, -0.15) is 5.10 Å². The summed E-state index contributed by atoms with van der Waals surface area (Å²) in [5, 5.41) is 7.22. The fraction of sp³-hybridized carbons (Fsp3) is 0.471. The van der Waals surface area contributed by atoms with Crippen molar-refractivity contribution in [1.82, 2.24) is 19.5 Å². The normalized spacial score (nSPS) is 11.5. The van der Waals surface area contributed by atoms with Gasteiger partial charge in [-0.1, -0.05) is 6.92 Å². The van der Waals surface area contributed by atoms with E-state index in [0.717, 1.165) is 23.5 Å². The summed E-state index contributed by atoms with van der Waals surface area (Å²) < 4.78 is 8.86. The molecular formula is C17H22N4O3. The molecule has 3 heterocycles. The van der Waals surface area contributed by atoms with Crippen LogP contribution in [-0.4, -0.2) is 26.6 Å². The van der Waals surface area contributed by atoms with Crippen molar-refractivity contribution in [2.24, 2.45) is 0 Å². The topological polar surface area (TPSA) is 81.5 Å². The summed E-state index contributed by atoms with van der Waals surface area (Å²) >= 11 is 0. The van der Waals surface area contributed by atoms with Crippen LogP contribution in [0.1, 0.15) is 37.8 Å². The first-order valence-corrected chi connectivity index (χ1v) is 8.27. The highest BCUT2D eigenvalue weighted by atomic mass is 16.3. The maximum Gasteiger partial charge on any atom is 0.291 e. The molecule has 7 heteroatoms. The minimum atomic E-state index is -0.168. The molecule has 0 aliphatic heterocycles. The second-order valence-corrected chi connectivity index (χ2v) is 6.00. The van der Waals surface area contributed by atoms with Gasteiger partial charge >= 0.3 is 0 Å². The monoisotopic (exact) mass is 330 g/mol. The van der Waals surface area contributed by atoms with Crippen molar-refractivity contribution in [2.75, 3.05) is 6.54 Å². The number of carbonyl (C=O) groups is 1.